The molecular formula is C12H18Cl4N2. The molecule has 0 aromatic heterocycles. The van der Waals surface area contributed by atoms with Crippen LogP contribution in [0.4, 0.5) is 0 Å². The molecule has 0 bridgehead atoms. The molecule has 1 atom stereocenters. The van der Waals surface area contributed by atoms with Gasteiger partial charge in [-0.1, -0.05) is 42.5 Å². The number of benzene rings is 1. The van der Waals surface area contributed by atoms with Gasteiger partial charge in [0.2, 0.25) is 0 Å². The molecule has 6 heteroatoms. The fourth-order valence-electron chi connectivity index (χ4n) is 1.63. The lowest BCUT2D eigenvalue weighted by molar-refractivity contribution is 0.562. The van der Waals surface area contributed by atoms with Crippen LogP contribution in [0, 0.1) is 0 Å². The molecule has 0 saturated carbocycles. The number of allylic oxidation sites excluding steroid dienone is 1. The van der Waals surface area contributed by atoms with Gasteiger partial charge in [0.25, 0.3) is 0 Å². The van der Waals surface area contributed by atoms with E-state index in [1.807, 2.05) is 48.6 Å². The number of rotatable bonds is 1. The smallest absolute Gasteiger partial charge is 0.0634 e. The number of halogens is 4. The highest BCUT2D eigenvalue weighted by molar-refractivity contribution is 5.86. The van der Waals surface area contributed by atoms with E-state index >= 15 is 0 Å². The lowest BCUT2D eigenvalue weighted by atomic mass is 9.84. The second-order valence-corrected chi connectivity index (χ2v) is 3.65. The average molecular weight is 332 g/mol. The van der Waals surface area contributed by atoms with Crippen molar-refractivity contribution in [2.24, 2.45) is 11.5 Å². The van der Waals surface area contributed by atoms with E-state index in [4.69, 9.17) is 11.5 Å². The van der Waals surface area contributed by atoms with Crippen LogP contribution in [0.3, 0.4) is 0 Å². The molecule has 1 aromatic carbocycles. The van der Waals surface area contributed by atoms with E-state index in [9.17, 15) is 0 Å². The zero-order valence-corrected chi connectivity index (χ0v) is 12.9. The van der Waals surface area contributed by atoms with E-state index in [0.717, 1.165) is 17.7 Å². The van der Waals surface area contributed by atoms with Gasteiger partial charge in [0.15, 0.2) is 0 Å². The third-order valence-corrected chi connectivity index (χ3v) is 2.56. The Morgan fingerprint density at radius 1 is 0.944 bits per heavy atom. The molecule has 0 spiro atoms. The summed E-state index contributed by atoms with van der Waals surface area (Å²) in [6.45, 7) is 0. The van der Waals surface area contributed by atoms with Gasteiger partial charge in [-0.25, -0.2) is 0 Å². The minimum absolute atomic E-state index is 0. The Labute approximate surface area is 133 Å². The molecule has 1 aliphatic carbocycles. The summed E-state index contributed by atoms with van der Waals surface area (Å²) in [5, 5.41) is 0. The molecule has 1 aromatic rings. The minimum Gasteiger partial charge on any atom is -0.399 e. The van der Waals surface area contributed by atoms with Crippen molar-refractivity contribution >= 4 is 49.6 Å². The maximum atomic E-state index is 6.26. The molecule has 0 fully saturated rings. The Kier molecular flexibility index (Phi) is 12.1. The van der Waals surface area contributed by atoms with Gasteiger partial charge >= 0.3 is 0 Å². The molecule has 2 nitrogen and oxygen atoms in total. The van der Waals surface area contributed by atoms with Crippen molar-refractivity contribution in [1.29, 1.82) is 0 Å². The monoisotopic (exact) mass is 330 g/mol. The van der Waals surface area contributed by atoms with Gasteiger partial charge in [-0.15, -0.1) is 49.6 Å². The minimum atomic E-state index is -0.385. The van der Waals surface area contributed by atoms with Crippen LogP contribution in [0.2, 0.25) is 0 Å². The van der Waals surface area contributed by atoms with Gasteiger partial charge < -0.3 is 11.5 Å². The summed E-state index contributed by atoms with van der Waals surface area (Å²) in [6, 6.07) is 10.1. The predicted octanol–water partition coefficient (Wildman–Crippen LogP) is 3.33. The van der Waals surface area contributed by atoms with E-state index in [1.54, 1.807) is 0 Å². The lowest BCUT2D eigenvalue weighted by Crippen LogP contribution is -2.35. The SMILES string of the molecule is Cl.Cl.Cl.Cl.NC1=CCC(N)(c2ccccc2)C=C1. The van der Waals surface area contributed by atoms with Crippen LogP contribution in [0.1, 0.15) is 12.0 Å². The Morgan fingerprint density at radius 2 is 1.50 bits per heavy atom. The fourth-order valence-corrected chi connectivity index (χ4v) is 1.63. The lowest BCUT2D eigenvalue weighted by Gasteiger charge is -2.27. The molecule has 4 N–H and O–H groups in total. The number of hydrogen-bond donors (Lipinski definition) is 2. The molecular weight excluding hydrogens is 314 g/mol. The quantitative estimate of drug-likeness (QED) is 0.829. The maximum absolute atomic E-state index is 6.26. The van der Waals surface area contributed by atoms with Gasteiger partial charge in [-0.3, -0.25) is 0 Å². The van der Waals surface area contributed by atoms with Gasteiger partial charge in [0.05, 0.1) is 5.54 Å². The van der Waals surface area contributed by atoms with Gasteiger partial charge in [-0.05, 0) is 18.1 Å². The third kappa shape index (κ3) is 5.09. The molecule has 0 aliphatic heterocycles. The molecule has 0 amide bonds. The van der Waals surface area contributed by atoms with Crippen molar-refractivity contribution in [2.45, 2.75) is 12.0 Å². The fraction of sp³-hybridized carbons (Fsp3) is 0.167. The average Bonchev–Trinajstić information content (AvgIpc) is 2.24. The first-order chi connectivity index (χ1) is 6.71. The Bertz CT molecular complexity index is 392. The van der Waals surface area contributed by atoms with Crippen LogP contribution in [0.25, 0.3) is 0 Å². The summed E-state index contributed by atoms with van der Waals surface area (Å²) >= 11 is 0. The Hall–Kier alpha value is -0.380. The van der Waals surface area contributed by atoms with E-state index in [1.165, 1.54) is 0 Å². The van der Waals surface area contributed by atoms with E-state index in [-0.39, 0.29) is 55.2 Å². The van der Waals surface area contributed by atoms with Crippen molar-refractivity contribution < 1.29 is 0 Å². The zero-order valence-electron chi connectivity index (χ0n) is 9.61. The summed E-state index contributed by atoms with van der Waals surface area (Å²) in [6.07, 6.45) is 6.57. The highest BCUT2D eigenvalue weighted by Gasteiger charge is 2.24. The standard InChI is InChI=1S/C12H14N2.4ClH/c13-11-6-8-12(14,9-7-11)10-4-2-1-3-5-10;;;;/h1-8H,9,13-14H2;4*1H. The van der Waals surface area contributed by atoms with Gasteiger partial charge in [0, 0.05) is 5.70 Å². The van der Waals surface area contributed by atoms with Crippen molar-refractivity contribution in [2.75, 3.05) is 0 Å². The van der Waals surface area contributed by atoms with E-state index < -0.39 is 0 Å². The Balaban J connectivity index is -0.000000562. The molecule has 2 rings (SSSR count). The molecule has 0 radical (unpaired) electrons. The largest absolute Gasteiger partial charge is 0.399 e. The van der Waals surface area contributed by atoms with E-state index in [2.05, 4.69) is 0 Å². The van der Waals surface area contributed by atoms with Crippen molar-refractivity contribution in [3.05, 3.63) is 59.8 Å². The number of nitrogens with two attached hydrogens (primary N) is 2. The summed E-state index contributed by atoms with van der Waals surface area (Å²) in [5.41, 5.74) is 13.4. The van der Waals surface area contributed by atoms with Crippen LogP contribution < -0.4 is 11.5 Å². The summed E-state index contributed by atoms with van der Waals surface area (Å²) in [4.78, 5) is 0. The topological polar surface area (TPSA) is 52.0 Å². The molecule has 1 unspecified atom stereocenters. The Morgan fingerprint density at radius 3 is 1.94 bits per heavy atom. The third-order valence-electron chi connectivity index (χ3n) is 2.56. The second-order valence-electron chi connectivity index (χ2n) is 3.65. The summed E-state index contributed by atoms with van der Waals surface area (Å²) in [5.74, 6) is 0. The second kappa shape index (κ2) is 9.54. The summed E-state index contributed by atoms with van der Waals surface area (Å²) in [7, 11) is 0. The van der Waals surface area contributed by atoms with E-state index in [0.29, 0.717) is 0 Å². The normalized spacial score (nSPS) is 20.2. The first kappa shape index (κ1) is 22.8. The van der Waals surface area contributed by atoms with Crippen LogP contribution in [-0.4, -0.2) is 0 Å². The highest BCUT2D eigenvalue weighted by atomic mass is 35.5. The molecule has 0 heterocycles. The first-order valence-electron chi connectivity index (χ1n) is 4.70. The highest BCUT2D eigenvalue weighted by Crippen LogP contribution is 2.27. The summed E-state index contributed by atoms with van der Waals surface area (Å²) < 4.78 is 0. The molecule has 104 valence electrons. The zero-order chi connectivity index (χ0) is 10.0. The van der Waals surface area contributed by atoms with Crippen molar-refractivity contribution in [1.82, 2.24) is 0 Å². The predicted molar refractivity (Wildman–Crippen MR) is 87.3 cm³/mol. The van der Waals surface area contributed by atoms with Crippen LogP contribution >= 0.6 is 49.6 Å². The van der Waals surface area contributed by atoms with Crippen molar-refractivity contribution in [3.8, 4) is 0 Å². The number of hydrogen-bond acceptors (Lipinski definition) is 2. The van der Waals surface area contributed by atoms with Crippen LogP contribution in [-0.2, 0) is 5.54 Å². The molecule has 1 aliphatic rings. The van der Waals surface area contributed by atoms with Crippen molar-refractivity contribution in [3.63, 3.8) is 0 Å². The van der Waals surface area contributed by atoms with Gasteiger partial charge in [0.1, 0.15) is 0 Å². The molecule has 18 heavy (non-hydrogen) atoms. The first-order valence-corrected chi connectivity index (χ1v) is 4.70. The van der Waals surface area contributed by atoms with Crippen LogP contribution in [0.15, 0.2) is 54.3 Å². The van der Waals surface area contributed by atoms with Crippen LogP contribution in [0.5, 0.6) is 0 Å². The van der Waals surface area contributed by atoms with Gasteiger partial charge in [-0.2, -0.15) is 0 Å². The molecule has 0 saturated heterocycles. The maximum Gasteiger partial charge on any atom is 0.0634 e.